The molecular formula is C17H27N. The van der Waals surface area contributed by atoms with E-state index in [2.05, 4.69) is 43.4 Å². The Kier molecular flexibility index (Phi) is 5.10. The van der Waals surface area contributed by atoms with E-state index in [0.717, 1.165) is 12.3 Å². The fourth-order valence-corrected chi connectivity index (χ4v) is 3.00. The molecule has 0 aromatic heterocycles. The zero-order valence-electron chi connectivity index (χ0n) is 11.9. The minimum absolute atomic E-state index is 0.689. The van der Waals surface area contributed by atoms with Crippen LogP contribution in [0.15, 0.2) is 24.3 Å². The van der Waals surface area contributed by atoms with Gasteiger partial charge < -0.3 is 5.32 Å². The molecule has 1 aromatic rings. The van der Waals surface area contributed by atoms with Gasteiger partial charge in [-0.1, -0.05) is 45.2 Å². The summed E-state index contributed by atoms with van der Waals surface area (Å²) in [5.74, 6) is 0.972. The molecule has 1 nitrogen and oxygen atoms in total. The number of hydrogen-bond donors (Lipinski definition) is 1. The van der Waals surface area contributed by atoms with Gasteiger partial charge in [0, 0.05) is 11.7 Å². The van der Waals surface area contributed by atoms with Gasteiger partial charge in [-0.05, 0) is 49.3 Å². The first-order chi connectivity index (χ1) is 8.81. The van der Waals surface area contributed by atoms with Crippen LogP contribution < -0.4 is 5.32 Å². The Morgan fingerprint density at radius 3 is 2.44 bits per heavy atom. The molecule has 2 atom stereocenters. The van der Waals surface area contributed by atoms with Crippen molar-refractivity contribution in [1.29, 1.82) is 0 Å². The van der Waals surface area contributed by atoms with Crippen molar-refractivity contribution in [3.8, 4) is 0 Å². The predicted molar refractivity (Wildman–Crippen MR) is 80.1 cm³/mol. The van der Waals surface area contributed by atoms with Crippen molar-refractivity contribution in [3.05, 3.63) is 29.8 Å². The molecule has 1 N–H and O–H groups in total. The molecule has 0 heterocycles. The monoisotopic (exact) mass is 245 g/mol. The number of benzene rings is 1. The third kappa shape index (κ3) is 3.76. The van der Waals surface area contributed by atoms with Gasteiger partial charge in [-0.3, -0.25) is 0 Å². The van der Waals surface area contributed by atoms with E-state index >= 15 is 0 Å². The predicted octanol–water partition coefficient (Wildman–Crippen LogP) is 5.02. The number of anilines is 1. The molecule has 0 amide bonds. The van der Waals surface area contributed by atoms with E-state index < -0.39 is 0 Å². The molecule has 100 valence electrons. The van der Waals surface area contributed by atoms with Crippen molar-refractivity contribution in [2.75, 3.05) is 5.32 Å². The van der Waals surface area contributed by atoms with Crippen LogP contribution in [0.2, 0.25) is 0 Å². The van der Waals surface area contributed by atoms with Crippen LogP contribution >= 0.6 is 0 Å². The standard InChI is InChI=1S/C17H27N/c1-3-14-6-5-7-16(11-8-14)18-17-12-9-15(4-2)10-13-17/h9-10,12-14,16,18H,3-8,11H2,1-2H3. The Balaban J connectivity index is 1.88. The second-order valence-corrected chi connectivity index (χ2v) is 5.67. The van der Waals surface area contributed by atoms with Gasteiger partial charge in [-0.25, -0.2) is 0 Å². The van der Waals surface area contributed by atoms with Gasteiger partial charge >= 0.3 is 0 Å². The first-order valence-corrected chi connectivity index (χ1v) is 7.67. The molecular weight excluding hydrogens is 218 g/mol. The highest BCUT2D eigenvalue weighted by molar-refractivity contribution is 5.45. The van der Waals surface area contributed by atoms with Crippen LogP contribution in [0.1, 0.15) is 57.9 Å². The molecule has 0 bridgehead atoms. The SMILES string of the molecule is CCc1ccc(NC2CCCC(CC)CC2)cc1. The van der Waals surface area contributed by atoms with E-state index in [9.17, 15) is 0 Å². The van der Waals surface area contributed by atoms with Gasteiger partial charge in [-0.2, -0.15) is 0 Å². The molecule has 1 aromatic carbocycles. The van der Waals surface area contributed by atoms with Crippen LogP contribution in [0.4, 0.5) is 5.69 Å². The maximum Gasteiger partial charge on any atom is 0.0342 e. The summed E-state index contributed by atoms with van der Waals surface area (Å²) in [7, 11) is 0. The van der Waals surface area contributed by atoms with Crippen molar-refractivity contribution < 1.29 is 0 Å². The highest BCUT2D eigenvalue weighted by Gasteiger charge is 2.17. The van der Waals surface area contributed by atoms with Crippen LogP contribution in [-0.4, -0.2) is 6.04 Å². The molecule has 1 aliphatic carbocycles. The second-order valence-electron chi connectivity index (χ2n) is 5.67. The Labute approximate surface area is 112 Å². The summed E-state index contributed by atoms with van der Waals surface area (Å²) in [6.45, 7) is 4.54. The summed E-state index contributed by atoms with van der Waals surface area (Å²) < 4.78 is 0. The van der Waals surface area contributed by atoms with Crippen LogP contribution in [0.5, 0.6) is 0 Å². The minimum Gasteiger partial charge on any atom is -0.382 e. The van der Waals surface area contributed by atoms with Crippen LogP contribution in [0.25, 0.3) is 0 Å². The zero-order chi connectivity index (χ0) is 12.8. The van der Waals surface area contributed by atoms with Gasteiger partial charge in [0.25, 0.3) is 0 Å². The van der Waals surface area contributed by atoms with Crippen LogP contribution in [-0.2, 0) is 6.42 Å². The zero-order valence-corrected chi connectivity index (χ0v) is 11.9. The first-order valence-electron chi connectivity index (χ1n) is 7.67. The third-order valence-electron chi connectivity index (χ3n) is 4.40. The fraction of sp³-hybridized carbons (Fsp3) is 0.647. The summed E-state index contributed by atoms with van der Waals surface area (Å²) in [5.41, 5.74) is 2.72. The molecule has 0 saturated heterocycles. The summed E-state index contributed by atoms with van der Waals surface area (Å²) in [6.07, 6.45) is 9.40. The molecule has 0 aliphatic heterocycles. The summed E-state index contributed by atoms with van der Waals surface area (Å²) in [6, 6.07) is 9.65. The number of nitrogens with one attached hydrogen (secondary N) is 1. The van der Waals surface area contributed by atoms with Gasteiger partial charge in [0.2, 0.25) is 0 Å². The number of rotatable bonds is 4. The van der Waals surface area contributed by atoms with Gasteiger partial charge in [0.15, 0.2) is 0 Å². The molecule has 1 saturated carbocycles. The average Bonchev–Trinajstić information content (AvgIpc) is 2.65. The number of hydrogen-bond acceptors (Lipinski definition) is 1. The van der Waals surface area contributed by atoms with Crippen molar-refractivity contribution in [3.63, 3.8) is 0 Å². The van der Waals surface area contributed by atoms with Crippen molar-refractivity contribution >= 4 is 5.69 Å². The van der Waals surface area contributed by atoms with Crippen molar-refractivity contribution in [1.82, 2.24) is 0 Å². The van der Waals surface area contributed by atoms with E-state index in [1.165, 1.54) is 49.8 Å². The quantitative estimate of drug-likeness (QED) is 0.734. The lowest BCUT2D eigenvalue weighted by Crippen LogP contribution is -2.18. The maximum atomic E-state index is 3.72. The fourth-order valence-electron chi connectivity index (χ4n) is 3.00. The topological polar surface area (TPSA) is 12.0 Å². The maximum absolute atomic E-state index is 3.72. The van der Waals surface area contributed by atoms with Crippen LogP contribution in [0, 0.1) is 5.92 Å². The molecule has 0 spiro atoms. The van der Waals surface area contributed by atoms with E-state index in [-0.39, 0.29) is 0 Å². The highest BCUT2D eigenvalue weighted by atomic mass is 14.9. The Morgan fingerprint density at radius 2 is 1.78 bits per heavy atom. The summed E-state index contributed by atoms with van der Waals surface area (Å²) in [4.78, 5) is 0. The van der Waals surface area contributed by atoms with E-state index in [4.69, 9.17) is 0 Å². The van der Waals surface area contributed by atoms with E-state index in [1.807, 2.05) is 0 Å². The molecule has 1 aliphatic rings. The Bertz CT molecular complexity index is 341. The minimum atomic E-state index is 0.689. The molecule has 1 heteroatoms. The first kappa shape index (κ1) is 13.5. The molecule has 18 heavy (non-hydrogen) atoms. The summed E-state index contributed by atoms with van der Waals surface area (Å²) >= 11 is 0. The molecule has 1 fully saturated rings. The lowest BCUT2D eigenvalue weighted by molar-refractivity contribution is 0.444. The summed E-state index contributed by atoms with van der Waals surface area (Å²) in [5, 5.41) is 3.72. The normalized spacial score (nSPS) is 24.6. The Morgan fingerprint density at radius 1 is 1.00 bits per heavy atom. The number of aryl methyl sites for hydroxylation is 1. The van der Waals surface area contributed by atoms with Crippen molar-refractivity contribution in [2.45, 2.75) is 64.8 Å². The highest BCUT2D eigenvalue weighted by Crippen LogP contribution is 2.27. The Hall–Kier alpha value is -0.980. The van der Waals surface area contributed by atoms with E-state index in [1.54, 1.807) is 0 Å². The lowest BCUT2D eigenvalue weighted by atomic mass is 9.98. The van der Waals surface area contributed by atoms with Gasteiger partial charge in [0.05, 0.1) is 0 Å². The molecule has 2 rings (SSSR count). The largest absolute Gasteiger partial charge is 0.382 e. The third-order valence-corrected chi connectivity index (χ3v) is 4.40. The lowest BCUT2D eigenvalue weighted by Gasteiger charge is -2.18. The molecule has 0 radical (unpaired) electrons. The smallest absolute Gasteiger partial charge is 0.0342 e. The van der Waals surface area contributed by atoms with Gasteiger partial charge in [-0.15, -0.1) is 0 Å². The van der Waals surface area contributed by atoms with Crippen LogP contribution in [0.3, 0.4) is 0 Å². The van der Waals surface area contributed by atoms with Crippen molar-refractivity contribution in [2.24, 2.45) is 5.92 Å². The molecule has 2 unspecified atom stereocenters. The van der Waals surface area contributed by atoms with Gasteiger partial charge in [0.1, 0.15) is 0 Å². The van der Waals surface area contributed by atoms with E-state index in [0.29, 0.717) is 6.04 Å². The average molecular weight is 245 g/mol. The second kappa shape index (κ2) is 6.82.